The van der Waals surface area contributed by atoms with Gasteiger partial charge in [0.2, 0.25) is 0 Å². The third kappa shape index (κ3) is 2.24. The molecule has 0 aromatic rings. The van der Waals surface area contributed by atoms with Crippen molar-refractivity contribution < 1.29 is 9.53 Å². The summed E-state index contributed by atoms with van der Waals surface area (Å²) in [5, 5.41) is 0. The number of rotatable bonds is 3. The zero-order valence-electron chi connectivity index (χ0n) is 14.6. The van der Waals surface area contributed by atoms with Gasteiger partial charge in [0.15, 0.2) is 0 Å². The number of allylic oxidation sites excluding steroid dienone is 4. The van der Waals surface area contributed by atoms with Gasteiger partial charge in [-0.1, -0.05) is 13.0 Å². The second kappa shape index (κ2) is 5.79. The number of fused-ring (bicyclic) bond motifs is 5. The van der Waals surface area contributed by atoms with Crippen LogP contribution in [0, 0.1) is 29.1 Å². The number of ether oxygens (including phenoxy) is 1. The van der Waals surface area contributed by atoms with Crippen molar-refractivity contribution in [2.45, 2.75) is 65.2 Å². The number of carbonyl (C=O) groups excluding carboxylic acids is 1. The highest BCUT2D eigenvalue weighted by atomic mass is 16.5. The van der Waals surface area contributed by atoms with Crippen LogP contribution >= 0.6 is 0 Å². The summed E-state index contributed by atoms with van der Waals surface area (Å²) in [4.78, 5) is 12.6. The van der Waals surface area contributed by atoms with Gasteiger partial charge in [0.1, 0.15) is 5.78 Å². The molecule has 126 valence electrons. The summed E-state index contributed by atoms with van der Waals surface area (Å²) < 4.78 is 5.76. The Balaban J connectivity index is 1.61. The summed E-state index contributed by atoms with van der Waals surface area (Å²) >= 11 is 0. The van der Waals surface area contributed by atoms with Gasteiger partial charge < -0.3 is 4.74 Å². The molecular formula is C21H30O2. The van der Waals surface area contributed by atoms with Gasteiger partial charge in [-0.3, -0.25) is 4.79 Å². The minimum absolute atomic E-state index is 0.0491. The van der Waals surface area contributed by atoms with E-state index in [1.165, 1.54) is 30.6 Å². The molecule has 0 aromatic heterocycles. The Hall–Kier alpha value is -1.05. The zero-order valence-corrected chi connectivity index (χ0v) is 14.6. The first-order chi connectivity index (χ1) is 11.2. The van der Waals surface area contributed by atoms with E-state index in [-0.39, 0.29) is 5.41 Å². The summed E-state index contributed by atoms with van der Waals surface area (Å²) in [5.74, 6) is 4.72. The third-order valence-corrected chi connectivity index (χ3v) is 7.50. The van der Waals surface area contributed by atoms with E-state index >= 15 is 0 Å². The van der Waals surface area contributed by atoms with Crippen LogP contribution in [0.4, 0.5) is 0 Å². The van der Waals surface area contributed by atoms with Crippen LogP contribution in [0.5, 0.6) is 0 Å². The quantitative estimate of drug-likeness (QED) is 0.728. The first kappa shape index (κ1) is 15.5. The average molecular weight is 314 g/mol. The topological polar surface area (TPSA) is 26.3 Å². The van der Waals surface area contributed by atoms with E-state index in [4.69, 9.17) is 4.74 Å². The monoisotopic (exact) mass is 314 g/mol. The molecule has 0 heterocycles. The van der Waals surface area contributed by atoms with E-state index < -0.39 is 0 Å². The first-order valence-corrected chi connectivity index (χ1v) is 9.76. The van der Waals surface area contributed by atoms with Gasteiger partial charge in [-0.05, 0) is 80.8 Å². The predicted octanol–water partition coefficient (Wildman–Crippen LogP) is 5.05. The number of hydrogen-bond acceptors (Lipinski definition) is 2. The smallest absolute Gasteiger partial charge is 0.139 e. The van der Waals surface area contributed by atoms with Gasteiger partial charge in [-0.2, -0.15) is 0 Å². The molecule has 2 saturated carbocycles. The standard InChI is InChI=1S/C21H30O2/c1-3-21-12-11-17-16-8-6-15(23-4-2)13-14(16)5-7-18(17)19(21)9-10-20(21)22/h5,13,16-19H,3-4,6-12H2,1-2H3/t16?,17?,18?,19?,21-/m0/s1. The van der Waals surface area contributed by atoms with Crippen LogP contribution in [0.2, 0.25) is 0 Å². The van der Waals surface area contributed by atoms with Gasteiger partial charge in [-0.25, -0.2) is 0 Å². The average Bonchev–Trinajstić information content (AvgIpc) is 2.92. The highest BCUT2D eigenvalue weighted by Crippen LogP contribution is 2.61. The molecule has 0 aliphatic heterocycles. The zero-order chi connectivity index (χ0) is 16.0. The maximum atomic E-state index is 12.6. The molecule has 0 bridgehead atoms. The summed E-state index contributed by atoms with van der Waals surface area (Å²) in [7, 11) is 0. The molecule has 0 radical (unpaired) electrons. The lowest BCUT2D eigenvalue weighted by atomic mass is 9.52. The summed E-state index contributed by atoms with van der Waals surface area (Å²) in [5.41, 5.74) is 1.59. The molecule has 4 aliphatic rings. The lowest BCUT2D eigenvalue weighted by molar-refractivity contribution is -0.132. The van der Waals surface area contributed by atoms with Crippen molar-refractivity contribution in [3.63, 3.8) is 0 Å². The van der Waals surface area contributed by atoms with Crippen LogP contribution in [-0.4, -0.2) is 12.4 Å². The molecule has 5 atom stereocenters. The van der Waals surface area contributed by atoms with Crippen LogP contribution in [0.1, 0.15) is 65.2 Å². The third-order valence-electron chi connectivity index (χ3n) is 7.50. The predicted molar refractivity (Wildman–Crippen MR) is 91.8 cm³/mol. The molecular weight excluding hydrogens is 284 g/mol. The van der Waals surface area contributed by atoms with Gasteiger partial charge in [0.25, 0.3) is 0 Å². The molecule has 4 unspecified atom stereocenters. The maximum Gasteiger partial charge on any atom is 0.139 e. The SMILES string of the molecule is CCOC1=CC2=CCC3C(CC[C@]4(CC)C(=O)CCC34)C2CC1. The molecule has 4 rings (SSSR count). The maximum absolute atomic E-state index is 12.6. The van der Waals surface area contributed by atoms with E-state index in [9.17, 15) is 4.79 Å². The lowest BCUT2D eigenvalue weighted by Crippen LogP contribution is -2.46. The largest absolute Gasteiger partial charge is 0.498 e. The lowest BCUT2D eigenvalue weighted by Gasteiger charge is -2.51. The number of carbonyl (C=O) groups is 1. The minimum Gasteiger partial charge on any atom is -0.498 e. The molecule has 23 heavy (non-hydrogen) atoms. The fourth-order valence-electron chi connectivity index (χ4n) is 6.45. The van der Waals surface area contributed by atoms with Crippen LogP contribution in [0.3, 0.4) is 0 Å². The minimum atomic E-state index is 0.0491. The van der Waals surface area contributed by atoms with E-state index in [1.54, 1.807) is 0 Å². The Bertz CT molecular complexity index is 558. The summed E-state index contributed by atoms with van der Waals surface area (Å²) in [6.07, 6.45) is 13.8. The second-order valence-corrected chi connectivity index (χ2v) is 8.07. The van der Waals surface area contributed by atoms with Crippen molar-refractivity contribution in [2.75, 3.05) is 6.61 Å². The van der Waals surface area contributed by atoms with Gasteiger partial charge >= 0.3 is 0 Å². The van der Waals surface area contributed by atoms with Gasteiger partial charge in [-0.15, -0.1) is 0 Å². The molecule has 0 amide bonds. The molecule has 2 heteroatoms. The van der Waals surface area contributed by atoms with Crippen molar-refractivity contribution in [1.82, 2.24) is 0 Å². The molecule has 4 aliphatic carbocycles. The van der Waals surface area contributed by atoms with Crippen LogP contribution in [0.25, 0.3) is 0 Å². The molecule has 0 N–H and O–H groups in total. The van der Waals surface area contributed by atoms with Crippen molar-refractivity contribution in [2.24, 2.45) is 29.1 Å². The molecule has 0 aromatic carbocycles. The fourth-order valence-corrected chi connectivity index (χ4v) is 6.45. The molecule has 0 saturated heterocycles. The van der Waals surface area contributed by atoms with E-state index in [0.29, 0.717) is 11.7 Å². The van der Waals surface area contributed by atoms with Crippen LogP contribution in [-0.2, 0) is 9.53 Å². The molecule has 2 fully saturated rings. The van der Waals surface area contributed by atoms with Crippen LogP contribution < -0.4 is 0 Å². The highest BCUT2D eigenvalue weighted by Gasteiger charge is 2.56. The van der Waals surface area contributed by atoms with Crippen molar-refractivity contribution in [1.29, 1.82) is 0 Å². The summed E-state index contributed by atoms with van der Waals surface area (Å²) in [6, 6.07) is 0. The second-order valence-electron chi connectivity index (χ2n) is 8.07. The number of hydrogen-bond donors (Lipinski definition) is 0. The first-order valence-electron chi connectivity index (χ1n) is 9.76. The van der Waals surface area contributed by atoms with Gasteiger partial charge in [0.05, 0.1) is 12.4 Å². The normalized spacial score (nSPS) is 42.3. The number of ketones is 1. The van der Waals surface area contributed by atoms with Crippen molar-refractivity contribution in [3.8, 4) is 0 Å². The van der Waals surface area contributed by atoms with E-state index in [0.717, 1.165) is 56.5 Å². The van der Waals surface area contributed by atoms with E-state index in [1.807, 2.05) is 0 Å². The van der Waals surface area contributed by atoms with Crippen molar-refractivity contribution >= 4 is 5.78 Å². The summed E-state index contributed by atoms with van der Waals surface area (Å²) in [6.45, 7) is 5.10. The Labute approximate surface area is 140 Å². The Morgan fingerprint density at radius 3 is 2.83 bits per heavy atom. The Kier molecular flexibility index (Phi) is 3.90. The van der Waals surface area contributed by atoms with Crippen molar-refractivity contribution in [3.05, 3.63) is 23.5 Å². The molecule has 0 spiro atoms. The Morgan fingerprint density at radius 1 is 1.17 bits per heavy atom. The van der Waals surface area contributed by atoms with Gasteiger partial charge in [0, 0.05) is 18.3 Å². The highest BCUT2D eigenvalue weighted by molar-refractivity contribution is 5.87. The Morgan fingerprint density at radius 2 is 2.04 bits per heavy atom. The van der Waals surface area contributed by atoms with Crippen LogP contribution in [0.15, 0.2) is 23.5 Å². The van der Waals surface area contributed by atoms with E-state index in [2.05, 4.69) is 26.0 Å². The fraction of sp³-hybridized carbons (Fsp3) is 0.762. The molecule has 2 nitrogen and oxygen atoms in total. The number of Topliss-reactive ketones (excluding diaryl/α,β-unsaturated/α-hetero) is 1.